The summed E-state index contributed by atoms with van der Waals surface area (Å²) < 4.78 is 36.0. The number of carbonyl (C=O) groups excluding carboxylic acids is 2. The Morgan fingerprint density at radius 2 is 1.71 bits per heavy atom. The number of amides is 1. The lowest BCUT2D eigenvalue weighted by Gasteiger charge is -2.19. The number of hydrogen-bond donors (Lipinski definition) is 1. The molecule has 0 fully saturated rings. The van der Waals surface area contributed by atoms with E-state index in [1.807, 2.05) is 0 Å². The van der Waals surface area contributed by atoms with Gasteiger partial charge < -0.3 is 14.8 Å². The molecule has 0 spiro atoms. The van der Waals surface area contributed by atoms with Crippen LogP contribution in [0, 0.1) is 0 Å². The largest absolute Gasteiger partial charge is 0.497 e. The molecule has 1 aliphatic heterocycles. The van der Waals surface area contributed by atoms with E-state index in [9.17, 15) is 18.0 Å². The predicted molar refractivity (Wildman–Crippen MR) is 129 cm³/mol. The summed E-state index contributed by atoms with van der Waals surface area (Å²) in [6.07, 6.45) is 0.455. The van der Waals surface area contributed by atoms with Gasteiger partial charge in [-0.2, -0.15) is 0 Å². The third-order valence-electron chi connectivity index (χ3n) is 5.49. The first-order valence-electron chi connectivity index (χ1n) is 10.6. The lowest BCUT2D eigenvalue weighted by molar-refractivity contribution is -0.125. The number of benzene rings is 3. The molecule has 0 saturated heterocycles. The second-order valence-electron chi connectivity index (χ2n) is 7.84. The predicted octanol–water partition coefficient (Wildman–Crippen LogP) is 3.55. The Kier molecular flexibility index (Phi) is 6.56. The average Bonchev–Trinajstić information content (AvgIpc) is 3.27. The summed E-state index contributed by atoms with van der Waals surface area (Å²) in [6.45, 7) is 0.323. The number of rotatable bonds is 7. The van der Waals surface area contributed by atoms with Crippen LogP contribution in [-0.2, 0) is 26.0 Å². The van der Waals surface area contributed by atoms with Crippen molar-refractivity contribution in [2.45, 2.75) is 12.5 Å². The SMILES string of the molecule is COc1ccc(NC(=O)C(OC(=O)c2ccc3c(c2)CCN3S(C)(=O)=O)c2ccccc2)cc1. The monoisotopic (exact) mass is 480 g/mol. The zero-order valence-electron chi connectivity index (χ0n) is 18.7. The van der Waals surface area contributed by atoms with Crippen LogP contribution >= 0.6 is 0 Å². The number of anilines is 2. The Labute approximate surface area is 198 Å². The highest BCUT2D eigenvalue weighted by Gasteiger charge is 2.29. The van der Waals surface area contributed by atoms with Gasteiger partial charge in [-0.1, -0.05) is 30.3 Å². The van der Waals surface area contributed by atoms with E-state index in [0.717, 1.165) is 11.8 Å². The van der Waals surface area contributed by atoms with Gasteiger partial charge in [0.1, 0.15) is 5.75 Å². The van der Waals surface area contributed by atoms with Gasteiger partial charge in [-0.25, -0.2) is 13.2 Å². The van der Waals surface area contributed by atoms with E-state index in [1.54, 1.807) is 73.8 Å². The van der Waals surface area contributed by atoms with Crippen LogP contribution in [-0.4, -0.2) is 40.2 Å². The van der Waals surface area contributed by atoms with Crippen LogP contribution in [0.25, 0.3) is 0 Å². The third-order valence-corrected chi connectivity index (χ3v) is 6.67. The molecule has 0 bridgehead atoms. The molecular weight excluding hydrogens is 456 g/mol. The molecule has 1 heterocycles. The van der Waals surface area contributed by atoms with Gasteiger partial charge in [0.15, 0.2) is 0 Å². The Balaban J connectivity index is 1.56. The second-order valence-corrected chi connectivity index (χ2v) is 9.75. The van der Waals surface area contributed by atoms with Gasteiger partial charge >= 0.3 is 5.97 Å². The van der Waals surface area contributed by atoms with Crippen molar-refractivity contribution in [3.8, 4) is 5.75 Å². The standard InChI is InChI=1S/C25H24N2O6S/c1-32-21-11-9-20(10-12-21)26-24(28)23(17-6-4-3-5-7-17)33-25(29)19-8-13-22-18(16-19)14-15-27(22)34(2,30)31/h3-13,16,23H,14-15H2,1-2H3,(H,26,28). The van der Waals surface area contributed by atoms with Crippen molar-refractivity contribution in [3.63, 3.8) is 0 Å². The summed E-state index contributed by atoms with van der Waals surface area (Å²) >= 11 is 0. The molecule has 9 heteroatoms. The molecule has 1 unspecified atom stereocenters. The molecule has 0 aromatic heterocycles. The highest BCUT2D eigenvalue weighted by atomic mass is 32.2. The molecule has 3 aromatic rings. The summed E-state index contributed by atoms with van der Waals surface area (Å²) in [4.78, 5) is 26.1. The second kappa shape index (κ2) is 9.56. The van der Waals surface area contributed by atoms with Crippen LogP contribution in [0.3, 0.4) is 0 Å². The molecule has 1 aliphatic rings. The zero-order chi connectivity index (χ0) is 24.3. The van der Waals surface area contributed by atoms with E-state index in [0.29, 0.717) is 35.7 Å². The van der Waals surface area contributed by atoms with E-state index in [-0.39, 0.29) is 5.56 Å². The highest BCUT2D eigenvalue weighted by Crippen LogP contribution is 2.31. The van der Waals surface area contributed by atoms with E-state index < -0.39 is 28.0 Å². The number of methoxy groups -OCH3 is 1. The summed E-state index contributed by atoms with van der Waals surface area (Å²) in [6, 6.07) is 20.2. The maximum Gasteiger partial charge on any atom is 0.339 e. The van der Waals surface area contributed by atoms with Crippen molar-refractivity contribution in [1.29, 1.82) is 0 Å². The highest BCUT2D eigenvalue weighted by molar-refractivity contribution is 7.92. The minimum absolute atomic E-state index is 0.243. The topological polar surface area (TPSA) is 102 Å². The van der Waals surface area contributed by atoms with E-state index >= 15 is 0 Å². The lowest BCUT2D eigenvalue weighted by atomic mass is 10.1. The summed E-state index contributed by atoms with van der Waals surface area (Å²) in [7, 11) is -1.84. The number of esters is 1. The van der Waals surface area contributed by atoms with Crippen molar-refractivity contribution < 1.29 is 27.5 Å². The van der Waals surface area contributed by atoms with Crippen molar-refractivity contribution in [2.75, 3.05) is 29.5 Å². The first kappa shape index (κ1) is 23.3. The number of carbonyl (C=O) groups is 2. The van der Waals surface area contributed by atoms with E-state index in [1.165, 1.54) is 10.4 Å². The van der Waals surface area contributed by atoms with Crippen LogP contribution in [0.4, 0.5) is 11.4 Å². The molecule has 176 valence electrons. The van der Waals surface area contributed by atoms with Crippen molar-refractivity contribution in [2.24, 2.45) is 0 Å². The maximum atomic E-state index is 13.1. The number of sulfonamides is 1. The fraction of sp³-hybridized carbons (Fsp3) is 0.200. The quantitative estimate of drug-likeness (QED) is 0.519. The van der Waals surface area contributed by atoms with Crippen LogP contribution in [0.15, 0.2) is 72.8 Å². The van der Waals surface area contributed by atoms with Crippen LogP contribution in [0.1, 0.15) is 27.6 Å². The van der Waals surface area contributed by atoms with Crippen LogP contribution in [0.2, 0.25) is 0 Å². The Bertz CT molecular complexity index is 1310. The summed E-state index contributed by atoms with van der Waals surface area (Å²) in [5.74, 6) is -0.538. The minimum Gasteiger partial charge on any atom is -0.497 e. The molecule has 3 aromatic carbocycles. The molecule has 1 atom stereocenters. The first-order valence-corrected chi connectivity index (χ1v) is 12.4. The van der Waals surface area contributed by atoms with E-state index in [4.69, 9.17) is 9.47 Å². The van der Waals surface area contributed by atoms with Gasteiger partial charge in [-0.15, -0.1) is 0 Å². The van der Waals surface area contributed by atoms with Crippen LogP contribution < -0.4 is 14.4 Å². The minimum atomic E-state index is -3.39. The molecule has 4 rings (SSSR count). The number of hydrogen-bond acceptors (Lipinski definition) is 6. The Morgan fingerprint density at radius 1 is 1.00 bits per heavy atom. The molecule has 0 aliphatic carbocycles. The van der Waals surface area contributed by atoms with Gasteiger partial charge in [0.05, 0.1) is 24.6 Å². The molecule has 8 nitrogen and oxygen atoms in total. The Morgan fingerprint density at radius 3 is 2.35 bits per heavy atom. The molecule has 1 N–H and O–H groups in total. The normalized spacial score (nSPS) is 13.6. The van der Waals surface area contributed by atoms with Crippen LogP contribution in [0.5, 0.6) is 5.75 Å². The van der Waals surface area contributed by atoms with Gasteiger partial charge in [0, 0.05) is 17.8 Å². The number of fused-ring (bicyclic) bond motifs is 1. The lowest BCUT2D eigenvalue weighted by Crippen LogP contribution is -2.27. The maximum absolute atomic E-state index is 13.1. The molecular formula is C25H24N2O6S. The average molecular weight is 481 g/mol. The van der Waals surface area contributed by atoms with Crippen molar-refractivity contribution in [3.05, 3.63) is 89.5 Å². The smallest absolute Gasteiger partial charge is 0.339 e. The van der Waals surface area contributed by atoms with Gasteiger partial charge in [0.2, 0.25) is 16.1 Å². The zero-order valence-corrected chi connectivity index (χ0v) is 19.5. The number of nitrogens with zero attached hydrogens (tertiary/aromatic N) is 1. The first-order chi connectivity index (χ1) is 16.3. The third kappa shape index (κ3) is 5.04. The summed E-state index contributed by atoms with van der Waals surface area (Å²) in [5, 5.41) is 2.77. The fourth-order valence-electron chi connectivity index (χ4n) is 3.80. The van der Waals surface area contributed by atoms with Gasteiger partial charge in [-0.05, 0) is 54.4 Å². The molecule has 0 radical (unpaired) electrons. The van der Waals surface area contributed by atoms with E-state index in [2.05, 4.69) is 5.32 Å². The van der Waals surface area contributed by atoms with Gasteiger partial charge in [0.25, 0.3) is 5.91 Å². The molecule has 34 heavy (non-hydrogen) atoms. The summed E-state index contributed by atoms with van der Waals surface area (Å²) in [5.41, 5.74) is 2.58. The molecule has 1 amide bonds. The number of ether oxygens (including phenoxy) is 2. The van der Waals surface area contributed by atoms with Gasteiger partial charge in [-0.3, -0.25) is 9.10 Å². The number of nitrogens with one attached hydrogen (secondary N) is 1. The van der Waals surface area contributed by atoms with Crippen molar-refractivity contribution in [1.82, 2.24) is 0 Å². The fourth-order valence-corrected chi connectivity index (χ4v) is 4.76. The van der Waals surface area contributed by atoms with Crippen molar-refractivity contribution >= 4 is 33.3 Å². The molecule has 0 saturated carbocycles. The Hall–Kier alpha value is -3.85.